The predicted octanol–water partition coefficient (Wildman–Crippen LogP) is 1.93. The van der Waals surface area contributed by atoms with Gasteiger partial charge in [-0.3, -0.25) is 10.5 Å². The van der Waals surface area contributed by atoms with Gasteiger partial charge in [0.1, 0.15) is 0 Å². The summed E-state index contributed by atoms with van der Waals surface area (Å²) in [6.07, 6.45) is 1.74. The lowest BCUT2D eigenvalue weighted by Gasteiger charge is -2.18. The average Bonchev–Trinajstić information content (AvgIpc) is 2.72. The number of nitrogens with two attached hydrogens (primary N) is 1. The maximum absolute atomic E-state index is 6.31. The maximum atomic E-state index is 6.31. The number of hydrogen-bond donors (Lipinski definition) is 2. The Balaban J connectivity index is 2.50. The first-order chi connectivity index (χ1) is 8.15. The van der Waals surface area contributed by atoms with Crippen LogP contribution in [0.25, 0.3) is 0 Å². The van der Waals surface area contributed by atoms with Crippen LogP contribution < -0.4 is 11.3 Å². The molecule has 17 heavy (non-hydrogen) atoms. The summed E-state index contributed by atoms with van der Waals surface area (Å²) in [7, 11) is 1.88. The Morgan fingerprint density at radius 2 is 2.18 bits per heavy atom. The fraction of sp³-hybridized carbons (Fsp3) is 0.250. The second-order valence-electron chi connectivity index (χ2n) is 3.96. The van der Waals surface area contributed by atoms with Crippen molar-refractivity contribution in [1.29, 1.82) is 0 Å². The average molecular weight is 251 g/mol. The molecule has 0 saturated heterocycles. The Labute approximate surface area is 105 Å². The lowest BCUT2D eigenvalue weighted by Crippen LogP contribution is -2.30. The number of nitrogens with one attached hydrogen (secondary N) is 1. The molecule has 1 aromatic carbocycles. The summed E-state index contributed by atoms with van der Waals surface area (Å²) >= 11 is 6.31. The van der Waals surface area contributed by atoms with Gasteiger partial charge >= 0.3 is 0 Å². The van der Waals surface area contributed by atoms with Gasteiger partial charge in [0, 0.05) is 18.3 Å². The van der Waals surface area contributed by atoms with E-state index in [-0.39, 0.29) is 6.04 Å². The fourth-order valence-corrected chi connectivity index (χ4v) is 2.13. The van der Waals surface area contributed by atoms with E-state index in [9.17, 15) is 0 Å². The zero-order chi connectivity index (χ0) is 12.4. The molecule has 0 amide bonds. The normalized spacial score (nSPS) is 12.7. The van der Waals surface area contributed by atoms with E-state index in [2.05, 4.69) is 10.5 Å². The topological polar surface area (TPSA) is 55.9 Å². The van der Waals surface area contributed by atoms with Gasteiger partial charge in [0.05, 0.1) is 11.7 Å². The molecule has 1 unspecified atom stereocenters. The van der Waals surface area contributed by atoms with E-state index < -0.39 is 0 Å². The Bertz CT molecular complexity index is 521. The maximum Gasteiger partial charge on any atom is 0.0892 e. The highest BCUT2D eigenvalue weighted by molar-refractivity contribution is 6.32. The van der Waals surface area contributed by atoms with Crippen LogP contribution >= 0.6 is 11.6 Å². The molecule has 2 rings (SSSR count). The van der Waals surface area contributed by atoms with Crippen molar-refractivity contribution in [3.8, 4) is 0 Å². The molecule has 0 bridgehead atoms. The Morgan fingerprint density at radius 3 is 2.76 bits per heavy atom. The van der Waals surface area contributed by atoms with Gasteiger partial charge in [-0.05, 0) is 24.1 Å². The largest absolute Gasteiger partial charge is 0.271 e. The molecule has 4 nitrogen and oxygen atoms in total. The number of aryl methyl sites for hydroxylation is 2. The van der Waals surface area contributed by atoms with Crippen LogP contribution in [0.1, 0.15) is 22.9 Å². The molecular weight excluding hydrogens is 236 g/mol. The molecule has 0 aliphatic carbocycles. The minimum absolute atomic E-state index is 0.158. The van der Waals surface area contributed by atoms with Gasteiger partial charge < -0.3 is 0 Å². The second-order valence-corrected chi connectivity index (χ2v) is 4.34. The lowest BCUT2D eigenvalue weighted by atomic mass is 10.0. The van der Waals surface area contributed by atoms with Crippen LogP contribution in [0.5, 0.6) is 0 Å². The van der Waals surface area contributed by atoms with Crippen molar-refractivity contribution in [2.45, 2.75) is 13.0 Å². The smallest absolute Gasteiger partial charge is 0.0892 e. The number of benzene rings is 1. The van der Waals surface area contributed by atoms with Gasteiger partial charge in [0.25, 0.3) is 0 Å². The number of hydrazine groups is 1. The van der Waals surface area contributed by atoms with E-state index in [1.54, 1.807) is 10.9 Å². The third kappa shape index (κ3) is 2.20. The molecule has 1 atom stereocenters. The molecule has 90 valence electrons. The number of nitrogens with zero attached hydrogens (tertiary/aromatic N) is 2. The van der Waals surface area contributed by atoms with E-state index in [4.69, 9.17) is 17.4 Å². The molecule has 1 heterocycles. The van der Waals surface area contributed by atoms with E-state index in [0.29, 0.717) is 0 Å². The molecule has 2 aromatic rings. The summed E-state index contributed by atoms with van der Waals surface area (Å²) in [5.41, 5.74) is 5.75. The van der Waals surface area contributed by atoms with E-state index in [0.717, 1.165) is 21.8 Å². The molecule has 0 fully saturated rings. The lowest BCUT2D eigenvalue weighted by molar-refractivity contribution is 0.575. The van der Waals surface area contributed by atoms with E-state index >= 15 is 0 Å². The number of aromatic nitrogens is 2. The summed E-state index contributed by atoms with van der Waals surface area (Å²) in [5, 5.41) is 4.87. The Hall–Kier alpha value is -1.36. The van der Waals surface area contributed by atoms with Crippen LogP contribution in [0.2, 0.25) is 5.02 Å². The van der Waals surface area contributed by atoms with Gasteiger partial charge in [0.15, 0.2) is 0 Å². The molecule has 0 spiro atoms. The van der Waals surface area contributed by atoms with Crippen LogP contribution in [0.4, 0.5) is 0 Å². The number of halogens is 1. The van der Waals surface area contributed by atoms with Crippen molar-refractivity contribution in [2.75, 3.05) is 0 Å². The molecule has 3 N–H and O–H groups in total. The fourth-order valence-electron chi connectivity index (χ4n) is 1.89. The standard InChI is InChI=1S/C12H15ClN4/c1-8-4-3-5-9(11(8)13)12(16-14)10-6-7-15-17(10)2/h3-7,12,16H,14H2,1-2H3. The third-order valence-electron chi connectivity index (χ3n) is 2.85. The van der Waals surface area contributed by atoms with Crippen LogP contribution in [-0.4, -0.2) is 9.78 Å². The summed E-state index contributed by atoms with van der Waals surface area (Å²) in [4.78, 5) is 0. The molecule has 0 aliphatic heterocycles. The van der Waals surface area contributed by atoms with Gasteiger partial charge in [-0.2, -0.15) is 5.10 Å². The van der Waals surface area contributed by atoms with Crippen molar-refractivity contribution in [1.82, 2.24) is 15.2 Å². The SMILES string of the molecule is Cc1cccc(C(NN)c2ccnn2C)c1Cl. The Kier molecular flexibility index (Phi) is 3.47. The third-order valence-corrected chi connectivity index (χ3v) is 3.37. The first-order valence-electron chi connectivity index (χ1n) is 5.34. The highest BCUT2D eigenvalue weighted by Gasteiger charge is 2.18. The Morgan fingerprint density at radius 1 is 1.41 bits per heavy atom. The molecule has 1 aromatic heterocycles. The van der Waals surface area contributed by atoms with E-state index in [1.165, 1.54) is 0 Å². The predicted molar refractivity (Wildman–Crippen MR) is 68.6 cm³/mol. The van der Waals surface area contributed by atoms with Crippen molar-refractivity contribution < 1.29 is 0 Å². The first kappa shape index (κ1) is 12.1. The van der Waals surface area contributed by atoms with Crippen LogP contribution in [0, 0.1) is 6.92 Å². The van der Waals surface area contributed by atoms with Gasteiger partial charge in [-0.25, -0.2) is 5.43 Å². The highest BCUT2D eigenvalue weighted by atomic mass is 35.5. The van der Waals surface area contributed by atoms with Gasteiger partial charge in [0.2, 0.25) is 0 Å². The van der Waals surface area contributed by atoms with Crippen molar-refractivity contribution in [2.24, 2.45) is 12.9 Å². The molecular formula is C12H15ClN4. The summed E-state index contributed by atoms with van der Waals surface area (Å²) in [6.45, 7) is 1.97. The minimum atomic E-state index is -0.158. The molecule has 0 aliphatic rings. The summed E-state index contributed by atoms with van der Waals surface area (Å²) in [5.74, 6) is 5.63. The van der Waals surface area contributed by atoms with E-state index in [1.807, 2.05) is 38.2 Å². The second kappa shape index (κ2) is 4.87. The highest BCUT2D eigenvalue weighted by Crippen LogP contribution is 2.29. The quantitative estimate of drug-likeness (QED) is 0.647. The molecule has 5 heteroatoms. The van der Waals surface area contributed by atoms with Crippen molar-refractivity contribution in [3.05, 3.63) is 52.3 Å². The van der Waals surface area contributed by atoms with Crippen LogP contribution in [0.3, 0.4) is 0 Å². The number of hydrogen-bond acceptors (Lipinski definition) is 3. The zero-order valence-electron chi connectivity index (χ0n) is 9.81. The number of rotatable bonds is 3. The van der Waals surface area contributed by atoms with Crippen LogP contribution in [0.15, 0.2) is 30.5 Å². The van der Waals surface area contributed by atoms with Gasteiger partial charge in [-0.1, -0.05) is 29.8 Å². The summed E-state index contributed by atoms with van der Waals surface area (Å²) in [6, 6.07) is 7.67. The molecule has 0 saturated carbocycles. The monoisotopic (exact) mass is 250 g/mol. The summed E-state index contributed by atoms with van der Waals surface area (Å²) < 4.78 is 1.78. The van der Waals surface area contributed by atoms with Gasteiger partial charge in [-0.15, -0.1) is 0 Å². The van der Waals surface area contributed by atoms with Crippen LogP contribution in [-0.2, 0) is 7.05 Å². The first-order valence-corrected chi connectivity index (χ1v) is 5.72. The van der Waals surface area contributed by atoms with Crippen molar-refractivity contribution >= 4 is 11.6 Å². The molecule has 0 radical (unpaired) electrons. The zero-order valence-corrected chi connectivity index (χ0v) is 10.6. The van der Waals surface area contributed by atoms with Crippen molar-refractivity contribution in [3.63, 3.8) is 0 Å². The minimum Gasteiger partial charge on any atom is -0.271 e.